The minimum absolute atomic E-state index is 0.00844. The van der Waals surface area contributed by atoms with Crippen LogP contribution in [0.2, 0.25) is 0 Å². The zero-order valence-electron chi connectivity index (χ0n) is 10.5. The summed E-state index contributed by atoms with van der Waals surface area (Å²) in [6.07, 6.45) is -2.15. The number of carbonyl (C=O) groups is 2. The molecule has 102 valence electrons. The second-order valence-electron chi connectivity index (χ2n) is 3.92. The Balaban J connectivity index is 2.36. The van der Waals surface area contributed by atoms with Crippen LogP contribution in [0, 0.1) is 0 Å². The Morgan fingerprint density at radius 2 is 2.26 bits per heavy atom. The van der Waals surface area contributed by atoms with Crippen molar-refractivity contribution in [2.75, 3.05) is 18.1 Å². The van der Waals surface area contributed by atoms with Gasteiger partial charge in [-0.25, -0.2) is 9.18 Å². The summed E-state index contributed by atoms with van der Waals surface area (Å²) in [5.41, 5.74) is 0.241. The van der Waals surface area contributed by atoms with E-state index in [1.165, 1.54) is 6.07 Å². The summed E-state index contributed by atoms with van der Waals surface area (Å²) in [5.74, 6) is -1.21. The van der Waals surface area contributed by atoms with E-state index in [1.54, 1.807) is 25.1 Å². The van der Waals surface area contributed by atoms with Crippen LogP contribution in [0.25, 0.3) is 0 Å². The number of amides is 1. The van der Waals surface area contributed by atoms with E-state index in [0.717, 1.165) is 4.90 Å². The smallest absolute Gasteiger partial charge is 0.362 e. The number of alkyl halides is 1. The van der Waals surface area contributed by atoms with Gasteiger partial charge in [-0.3, -0.25) is 9.69 Å². The van der Waals surface area contributed by atoms with E-state index in [-0.39, 0.29) is 25.3 Å². The molecule has 5 nitrogen and oxygen atoms in total. The lowest BCUT2D eigenvalue weighted by Gasteiger charge is -2.24. The fourth-order valence-electron chi connectivity index (χ4n) is 1.85. The third-order valence-electron chi connectivity index (χ3n) is 2.67. The molecule has 0 N–H and O–H groups in total. The van der Waals surface area contributed by atoms with Gasteiger partial charge in [-0.15, -0.1) is 0 Å². The van der Waals surface area contributed by atoms with Crippen molar-refractivity contribution in [2.45, 2.75) is 19.6 Å². The zero-order valence-corrected chi connectivity index (χ0v) is 10.5. The van der Waals surface area contributed by atoms with Crippen molar-refractivity contribution in [3.63, 3.8) is 0 Å². The van der Waals surface area contributed by atoms with Crippen molar-refractivity contribution in [2.24, 2.45) is 0 Å². The molecule has 0 saturated carbocycles. The molecule has 0 bridgehead atoms. The van der Waals surface area contributed by atoms with Crippen LogP contribution in [0.4, 0.5) is 10.1 Å². The molecule has 6 heteroatoms. The van der Waals surface area contributed by atoms with Gasteiger partial charge in [0.05, 0.1) is 25.3 Å². The molecule has 19 heavy (non-hydrogen) atoms. The van der Waals surface area contributed by atoms with Gasteiger partial charge in [0.25, 0.3) is 6.30 Å². The van der Waals surface area contributed by atoms with Crippen molar-refractivity contribution in [1.82, 2.24) is 0 Å². The normalized spacial score (nSPS) is 16.1. The van der Waals surface area contributed by atoms with Crippen LogP contribution in [-0.4, -0.2) is 31.4 Å². The van der Waals surface area contributed by atoms with Gasteiger partial charge in [0, 0.05) is 0 Å². The lowest BCUT2D eigenvalue weighted by atomic mass is 10.2. The Labute approximate surface area is 109 Å². The number of hydrogen-bond acceptors (Lipinski definition) is 4. The van der Waals surface area contributed by atoms with Gasteiger partial charge in [0.2, 0.25) is 5.91 Å². The van der Waals surface area contributed by atoms with Crippen LogP contribution in [0.1, 0.15) is 13.3 Å². The van der Waals surface area contributed by atoms with Crippen LogP contribution in [0.5, 0.6) is 5.75 Å². The number of anilines is 1. The number of esters is 1. The first-order valence-corrected chi connectivity index (χ1v) is 5.99. The van der Waals surface area contributed by atoms with Gasteiger partial charge in [-0.2, -0.15) is 0 Å². The molecule has 1 aliphatic rings. The highest BCUT2D eigenvalue weighted by Gasteiger charge is 2.35. The summed E-state index contributed by atoms with van der Waals surface area (Å²) in [6.45, 7) is 1.78. The number of para-hydroxylation sites is 2. The standard InChI is InChI=1S/C13H14FNO4/c1-2-18-13(17)12(14)15-9-5-3-4-6-10(9)19-8-7-11(15)16/h3-6,12H,2,7-8H2,1H3. The SMILES string of the molecule is CCOC(=O)C(F)N1C(=O)CCOc2ccccc21. The van der Waals surface area contributed by atoms with E-state index in [9.17, 15) is 14.0 Å². The van der Waals surface area contributed by atoms with E-state index in [0.29, 0.717) is 5.75 Å². The third kappa shape index (κ3) is 2.67. The fraction of sp³-hybridized carbons (Fsp3) is 0.385. The summed E-state index contributed by atoms with van der Waals surface area (Å²) in [5, 5.41) is 0. The maximum atomic E-state index is 14.2. The molecule has 0 aromatic heterocycles. The summed E-state index contributed by atoms with van der Waals surface area (Å²) >= 11 is 0. The zero-order chi connectivity index (χ0) is 13.8. The van der Waals surface area contributed by atoms with Gasteiger partial charge < -0.3 is 9.47 Å². The Hall–Kier alpha value is -2.11. The molecular weight excluding hydrogens is 253 g/mol. The fourth-order valence-corrected chi connectivity index (χ4v) is 1.85. The van der Waals surface area contributed by atoms with Gasteiger partial charge in [0.1, 0.15) is 5.75 Å². The Kier molecular flexibility index (Phi) is 3.99. The highest BCUT2D eigenvalue weighted by molar-refractivity contribution is 6.00. The van der Waals surface area contributed by atoms with Crippen molar-refractivity contribution in [3.05, 3.63) is 24.3 Å². The topological polar surface area (TPSA) is 55.8 Å². The highest BCUT2D eigenvalue weighted by Crippen LogP contribution is 2.32. The second kappa shape index (κ2) is 5.69. The molecular formula is C13H14FNO4. The molecule has 1 atom stereocenters. The van der Waals surface area contributed by atoms with E-state index in [4.69, 9.17) is 4.74 Å². The molecule has 1 heterocycles. The predicted molar refractivity (Wildman–Crippen MR) is 65.6 cm³/mol. The number of rotatable bonds is 3. The minimum atomic E-state index is -2.16. The molecule has 0 fully saturated rings. The van der Waals surface area contributed by atoms with E-state index in [2.05, 4.69) is 4.74 Å². The molecule has 0 saturated heterocycles. The maximum Gasteiger partial charge on any atom is 0.362 e. The first-order chi connectivity index (χ1) is 9.15. The highest BCUT2D eigenvalue weighted by atomic mass is 19.1. The monoisotopic (exact) mass is 267 g/mol. The lowest BCUT2D eigenvalue weighted by molar-refractivity contribution is -0.150. The number of fused-ring (bicyclic) bond motifs is 1. The molecule has 2 rings (SSSR count). The quantitative estimate of drug-likeness (QED) is 0.617. The second-order valence-corrected chi connectivity index (χ2v) is 3.92. The number of ether oxygens (including phenoxy) is 2. The number of hydrogen-bond donors (Lipinski definition) is 0. The predicted octanol–water partition coefficient (Wildman–Crippen LogP) is 1.66. The van der Waals surface area contributed by atoms with Crippen LogP contribution in [0.15, 0.2) is 24.3 Å². The first-order valence-electron chi connectivity index (χ1n) is 5.99. The number of nitrogens with zero attached hydrogens (tertiary/aromatic N) is 1. The maximum absolute atomic E-state index is 14.2. The Morgan fingerprint density at radius 3 is 3.00 bits per heavy atom. The molecule has 1 amide bonds. The third-order valence-corrected chi connectivity index (χ3v) is 2.67. The van der Waals surface area contributed by atoms with Gasteiger partial charge in [-0.05, 0) is 19.1 Å². The van der Waals surface area contributed by atoms with Gasteiger partial charge >= 0.3 is 5.97 Å². The van der Waals surface area contributed by atoms with Gasteiger partial charge in [-0.1, -0.05) is 12.1 Å². The lowest BCUT2D eigenvalue weighted by Crippen LogP contribution is -2.43. The summed E-state index contributed by atoms with van der Waals surface area (Å²) in [7, 11) is 0. The first kappa shape index (κ1) is 13.3. The van der Waals surface area contributed by atoms with Crippen LogP contribution in [0.3, 0.4) is 0 Å². The van der Waals surface area contributed by atoms with Crippen LogP contribution >= 0.6 is 0 Å². The molecule has 1 aliphatic heterocycles. The van der Waals surface area contributed by atoms with Gasteiger partial charge in [0.15, 0.2) is 0 Å². The summed E-state index contributed by atoms with van der Waals surface area (Å²) in [4.78, 5) is 24.2. The summed E-state index contributed by atoms with van der Waals surface area (Å²) in [6, 6.07) is 6.51. The van der Waals surface area contributed by atoms with Crippen molar-refractivity contribution in [1.29, 1.82) is 0 Å². The average Bonchev–Trinajstić information content (AvgIpc) is 2.56. The van der Waals surface area contributed by atoms with Crippen molar-refractivity contribution in [3.8, 4) is 5.75 Å². The minimum Gasteiger partial charge on any atom is -0.491 e. The molecule has 1 unspecified atom stereocenters. The number of benzene rings is 1. The number of carbonyl (C=O) groups excluding carboxylic acids is 2. The van der Waals surface area contributed by atoms with E-state index in [1.807, 2.05) is 0 Å². The Bertz CT molecular complexity index is 491. The molecule has 0 radical (unpaired) electrons. The molecule has 0 aliphatic carbocycles. The average molecular weight is 267 g/mol. The molecule has 0 spiro atoms. The molecule has 1 aromatic carbocycles. The summed E-state index contributed by atoms with van der Waals surface area (Å²) < 4.78 is 24.1. The van der Waals surface area contributed by atoms with Crippen molar-refractivity contribution >= 4 is 17.6 Å². The van der Waals surface area contributed by atoms with E-state index >= 15 is 0 Å². The number of halogens is 1. The van der Waals surface area contributed by atoms with Crippen molar-refractivity contribution < 1.29 is 23.5 Å². The van der Waals surface area contributed by atoms with E-state index < -0.39 is 18.2 Å². The molecule has 1 aromatic rings. The van der Waals surface area contributed by atoms with Crippen LogP contribution in [-0.2, 0) is 14.3 Å². The Morgan fingerprint density at radius 1 is 1.53 bits per heavy atom. The van der Waals surface area contributed by atoms with Crippen LogP contribution < -0.4 is 9.64 Å². The largest absolute Gasteiger partial charge is 0.491 e.